The van der Waals surface area contributed by atoms with Crippen LogP contribution >= 0.6 is 0 Å². The van der Waals surface area contributed by atoms with Crippen LogP contribution in [0.2, 0.25) is 0 Å². The molecule has 0 unspecified atom stereocenters. The lowest BCUT2D eigenvalue weighted by atomic mass is 9.73. The van der Waals surface area contributed by atoms with E-state index in [2.05, 4.69) is 44.4 Å². The number of piperidine rings is 1. The van der Waals surface area contributed by atoms with Crippen molar-refractivity contribution in [2.24, 2.45) is 10.8 Å². The lowest BCUT2D eigenvalue weighted by molar-refractivity contribution is -0.000118. The van der Waals surface area contributed by atoms with Crippen LogP contribution in [0.1, 0.15) is 43.9 Å². The quantitative estimate of drug-likeness (QED) is 0.382. The third-order valence-corrected chi connectivity index (χ3v) is 9.36. The van der Waals surface area contributed by atoms with E-state index < -0.39 is 0 Å². The third kappa shape index (κ3) is 4.55. The van der Waals surface area contributed by atoms with Crippen molar-refractivity contribution in [2.45, 2.75) is 45.7 Å². The number of pyridine rings is 3. The Morgan fingerprint density at radius 3 is 2.58 bits per heavy atom. The van der Waals surface area contributed by atoms with Crippen LogP contribution in [0.5, 0.6) is 0 Å². The van der Waals surface area contributed by atoms with Crippen LogP contribution in [0.3, 0.4) is 0 Å². The van der Waals surface area contributed by atoms with Gasteiger partial charge >= 0.3 is 0 Å². The first kappa shape index (κ1) is 25.2. The zero-order chi connectivity index (χ0) is 27.3. The summed E-state index contributed by atoms with van der Waals surface area (Å²) in [5.74, 6) is 0. The van der Waals surface area contributed by atoms with Crippen molar-refractivity contribution in [1.29, 1.82) is 5.26 Å². The van der Waals surface area contributed by atoms with Crippen LogP contribution in [-0.2, 0) is 17.8 Å². The molecule has 3 fully saturated rings. The number of anilines is 1. The number of nitriles is 1. The van der Waals surface area contributed by atoms with E-state index in [1.165, 1.54) is 5.56 Å². The number of hydrogen-bond acceptors (Lipinski definition) is 7. The van der Waals surface area contributed by atoms with Crippen molar-refractivity contribution in [3.63, 3.8) is 0 Å². The van der Waals surface area contributed by atoms with Gasteiger partial charge in [-0.05, 0) is 63.4 Å². The van der Waals surface area contributed by atoms with Gasteiger partial charge in [-0.1, -0.05) is 6.07 Å². The molecule has 0 amide bonds. The summed E-state index contributed by atoms with van der Waals surface area (Å²) < 4.78 is 9.34. The largest absolute Gasteiger partial charge is 0.381 e. The van der Waals surface area contributed by atoms with Gasteiger partial charge in [0.2, 0.25) is 0 Å². The van der Waals surface area contributed by atoms with Gasteiger partial charge in [-0.3, -0.25) is 14.7 Å². The van der Waals surface area contributed by atoms with Gasteiger partial charge in [-0.2, -0.15) is 5.26 Å². The highest BCUT2D eigenvalue weighted by molar-refractivity contribution is 5.93. The van der Waals surface area contributed by atoms with Gasteiger partial charge in [0.25, 0.3) is 5.56 Å². The van der Waals surface area contributed by atoms with Crippen LogP contribution in [0, 0.1) is 22.2 Å². The van der Waals surface area contributed by atoms with Crippen LogP contribution < -0.4 is 10.5 Å². The monoisotopic (exact) mass is 537 g/mol. The normalized spacial score (nSPS) is 20.6. The molecule has 9 nitrogen and oxygen atoms in total. The van der Waals surface area contributed by atoms with Gasteiger partial charge < -0.3 is 18.6 Å². The second-order valence-electron chi connectivity index (χ2n) is 12.3. The van der Waals surface area contributed by atoms with Crippen molar-refractivity contribution in [3.8, 4) is 6.07 Å². The summed E-state index contributed by atoms with van der Waals surface area (Å²) in [5.41, 5.74) is 4.09. The van der Waals surface area contributed by atoms with Gasteiger partial charge in [0.1, 0.15) is 5.65 Å². The molecule has 0 saturated carbocycles. The SMILES string of the molecule is CC1(C#N)CCN(Cc2ccc3nc(Cn4ccc5c(N6CC7(CCOCC7)C6)cncc5c4=O)cn3c2)CC1. The lowest BCUT2D eigenvalue weighted by Crippen LogP contribution is -2.58. The van der Waals surface area contributed by atoms with Gasteiger partial charge in [-0.25, -0.2) is 4.98 Å². The molecule has 0 N–H and O–H groups in total. The summed E-state index contributed by atoms with van der Waals surface area (Å²) in [5, 5.41) is 11.0. The topological polar surface area (TPSA) is 91.7 Å². The molecule has 0 atom stereocenters. The molecule has 4 aromatic rings. The smallest absolute Gasteiger partial charge is 0.260 e. The number of imidazole rings is 1. The number of ether oxygens (including phenoxy) is 1. The highest BCUT2D eigenvalue weighted by Crippen LogP contribution is 2.43. The molecule has 9 heteroatoms. The van der Waals surface area contributed by atoms with Crippen LogP contribution in [0.4, 0.5) is 5.69 Å². The molecule has 0 aliphatic carbocycles. The molecule has 40 heavy (non-hydrogen) atoms. The molecule has 1 spiro atoms. The zero-order valence-electron chi connectivity index (χ0n) is 23.1. The third-order valence-electron chi connectivity index (χ3n) is 9.36. The maximum absolute atomic E-state index is 13.5. The first-order valence-corrected chi connectivity index (χ1v) is 14.3. The minimum atomic E-state index is -0.194. The highest BCUT2D eigenvalue weighted by atomic mass is 16.5. The summed E-state index contributed by atoms with van der Waals surface area (Å²) in [7, 11) is 0. The van der Waals surface area contributed by atoms with E-state index in [-0.39, 0.29) is 11.0 Å². The van der Waals surface area contributed by atoms with E-state index in [9.17, 15) is 10.1 Å². The highest BCUT2D eigenvalue weighted by Gasteiger charge is 2.44. The predicted molar refractivity (Wildman–Crippen MR) is 153 cm³/mol. The summed E-state index contributed by atoms with van der Waals surface area (Å²) in [6.07, 6.45) is 13.6. The van der Waals surface area contributed by atoms with E-state index in [4.69, 9.17) is 9.72 Å². The summed E-state index contributed by atoms with van der Waals surface area (Å²) in [6.45, 7) is 8.89. The number of hydrogen-bond donors (Lipinski definition) is 0. The fraction of sp³-hybridized carbons (Fsp3) is 0.484. The fourth-order valence-electron chi connectivity index (χ4n) is 6.63. The van der Waals surface area contributed by atoms with Crippen molar-refractivity contribution in [3.05, 3.63) is 70.8 Å². The van der Waals surface area contributed by atoms with Crippen molar-refractivity contribution in [1.82, 2.24) is 23.8 Å². The summed E-state index contributed by atoms with van der Waals surface area (Å²) >= 11 is 0. The Labute approximate surface area is 233 Å². The first-order chi connectivity index (χ1) is 19.4. The molecule has 3 aliphatic rings. The Morgan fingerprint density at radius 1 is 1.00 bits per heavy atom. The number of likely N-dealkylation sites (tertiary alicyclic amines) is 1. The Hall–Kier alpha value is -3.74. The van der Waals surface area contributed by atoms with Crippen LogP contribution in [0.25, 0.3) is 16.4 Å². The molecule has 3 saturated heterocycles. The first-order valence-electron chi connectivity index (χ1n) is 14.3. The van der Waals surface area contributed by atoms with Gasteiger partial charge in [-0.15, -0.1) is 0 Å². The number of rotatable bonds is 5. The predicted octanol–water partition coefficient (Wildman–Crippen LogP) is 3.83. The van der Waals surface area contributed by atoms with Gasteiger partial charge in [0, 0.05) is 68.4 Å². The fourth-order valence-corrected chi connectivity index (χ4v) is 6.63. The Bertz CT molecular complexity index is 1660. The van der Waals surface area contributed by atoms with Gasteiger partial charge in [0.05, 0.1) is 41.0 Å². The van der Waals surface area contributed by atoms with Gasteiger partial charge in [0.15, 0.2) is 0 Å². The molecular weight excluding hydrogens is 502 g/mol. The number of aromatic nitrogens is 4. The zero-order valence-corrected chi connectivity index (χ0v) is 23.1. The maximum atomic E-state index is 13.5. The van der Waals surface area contributed by atoms with E-state index in [1.807, 2.05) is 30.7 Å². The lowest BCUT2D eigenvalue weighted by Gasteiger charge is -2.53. The Balaban J connectivity index is 1.07. The second-order valence-corrected chi connectivity index (χ2v) is 12.3. The molecule has 7 rings (SSSR count). The van der Waals surface area contributed by atoms with E-state index in [0.29, 0.717) is 17.3 Å². The van der Waals surface area contributed by atoms with E-state index >= 15 is 0 Å². The Kier molecular flexibility index (Phi) is 6.13. The minimum Gasteiger partial charge on any atom is -0.381 e. The molecule has 3 aliphatic heterocycles. The van der Waals surface area contributed by atoms with Crippen molar-refractivity contribution >= 4 is 22.1 Å². The van der Waals surface area contributed by atoms with Crippen LogP contribution in [-0.4, -0.2) is 63.2 Å². The summed E-state index contributed by atoms with van der Waals surface area (Å²) in [4.78, 5) is 27.5. The molecule has 0 aromatic carbocycles. The molecule has 0 radical (unpaired) electrons. The molecule has 0 bridgehead atoms. The Morgan fingerprint density at radius 2 is 1.80 bits per heavy atom. The van der Waals surface area contributed by atoms with E-state index in [0.717, 1.165) is 94.0 Å². The maximum Gasteiger partial charge on any atom is 0.260 e. The molecule has 206 valence electrons. The molecular formula is C31H35N7O2. The number of fused-ring (bicyclic) bond motifs is 2. The van der Waals surface area contributed by atoms with Crippen molar-refractivity contribution in [2.75, 3.05) is 44.3 Å². The van der Waals surface area contributed by atoms with Crippen LogP contribution in [0.15, 0.2) is 54.0 Å². The average Bonchev–Trinajstić information content (AvgIpc) is 3.36. The van der Waals surface area contributed by atoms with Crippen molar-refractivity contribution < 1.29 is 4.74 Å². The van der Waals surface area contributed by atoms with E-state index in [1.54, 1.807) is 10.8 Å². The standard InChI is InChI=1S/C31H35N7O2/c1-30(20-32)5-10-35(11-6-30)16-23-2-3-28-34-24(19-37(28)17-23)18-36-9-4-25-26(29(36)39)14-33-15-27(25)38-21-31(22-38)7-12-40-13-8-31/h2-4,9,14-15,17,19H,5-8,10-13,16,18,21-22H2,1H3. The molecule has 4 aromatic heterocycles. The summed E-state index contributed by atoms with van der Waals surface area (Å²) in [6, 6.07) is 8.69. The number of nitrogens with zero attached hydrogens (tertiary/aromatic N) is 7. The molecule has 7 heterocycles. The second kappa shape index (κ2) is 9.72. The minimum absolute atomic E-state index is 0.0413. The average molecular weight is 538 g/mol.